The molecule has 4 aromatic heterocycles. The fourth-order valence-electron chi connectivity index (χ4n) is 8.24. The Kier molecular flexibility index (Phi) is 12.8. The van der Waals surface area contributed by atoms with Crippen LogP contribution in [0.5, 0.6) is 0 Å². The Bertz CT molecular complexity index is 3180. The van der Waals surface area contributed by atoms with Crippen molar-refractivity contribution in [2.45, 2.75) is 66.1 Å². The Morgan fingerprint density at radius 2 is 1.31 bits per heavy atom. The number of fused-ring (bicyclic) bond motifs is 4. The van der Waals surface area contributed by atoms with Crippen LogP contribution in [0.25, 0.3) is 83.6 Å². The summed E-state index contributed by atoms with van der Waals surface area (Å²) in [5.41, 5.74) is 15.7. The van der Waals surface area contributed by atoms with Gasteiger partial charge >= 0.3 is 0 Å². The second-order valence-electron chi connectivity index (χ2n) is 17.9. The molecular weight excluding hydrogens is 979 g/mol. The number of hydrogen-bond acceptors (Lipinski definition) is 5. The van der Waals surface area contributed by atoms with Crippen molar-refractivity contribution in [3.63, 3.8) is 0 Å². The molecule has 0 fully saturated rings. The Morgan fingerprint density at radius 3 is 1.97 bits per heavy atom. The number of rotatable bonds is 8. The Balaban J connectivity index is 0.000000279. The first-order chi connectivity index (χ1) is 30.4. The first kappa shape index (κ1) is 44.3. The van der Waals surface area contributed by atoms with Crippen molar-refractivity contribution in [2.24, 2.45) is 0 Å². The number of imidazole rings is 1. The summed E-state index contributed by atoms with van der Waals surface area (Å²) in [4.78, 5) is 9.72. The van der Waals surface area contributed by atoms with E-state index in [-0.39, 0.29) is 31.9 Å². The molecule has 0 aliphatic rings. The minimum absolute atomic E-state index is 0. The van der Waals surface area contributed by atoms with Crippen molar-refractivity contribution in [2.75, 3.05) is 0 Å². The van der Waals surface area contributed by atoms with E-state index in [0.29, 0.717) is 0 Å². The summed E-state index contributed by atoms with van der Waals surface area (Å²) < 4.78 is 8.99. The zero-order valence-corrected chi connectivity index (χ0v) is 41.0. The molecule has 0 aliphatic carbocycles. The van der Waals surface area contributed by atoms with Gasteiger partial charge in [0.05, 0.1) is 42.9 Å². The number of benzene rings is 6. The van der Waals surface area contributed by atoms with Crippen LogP contribution in [0, 0.1) is 19.1 Å². The van der Waals surface area contributed by atoms with Gasteiger partial charge in [-0.1, -0.05) is 143 Å². The van der Waals surface area contributed by atoms with Crippen LogP contribution in [0.15, 0.2) is 156 Å². The van der Waals surface area contributed by atoms with E-state index in [2.05, 4.69) is 189 Å². The van der Waals surface area contributed by atoms with Crippen LogP contribution >= 0.6 is 0 Å². The number of pyridine rings is 1. The van der Waals surface area contributed by atoms with Crippen LogP contribution < -0.4 is 5.19 Å². The zero-order valence-electron chi connectivity index (χ0n) is 37.6. The molecule has 0 unspecified atom stereocenters. The van der Waals surface area contributed by atoms with E-state index in [1.165, 1.54) is 33.0 Å². The molecule has 0 atom stereocenters. The predicted molar refractivity (Wildman–Crippen MR) is 263 cm³/mol. The first-order valence-corrected chi connectivity index (χ1v) is 25.3. The third-order valence-electron chi connectivity index (χ3n) is 11.8. The number of furan rings is 1. The van der Waals surface area contributed by atoms with Gasteiger partial charge in [-0.15, -0.1) is 54.1 Å². The first-order valence-electron chi connectivity index (χ1n) is 21.8. The minimum Gasteiger partial charge on any atom is -0.501 e. The molecule has 1 radical (unpaired) electrons. The van der Waals surface area contributed by atoms with Crippen LogP contribution in [0.2, 0.25) is 19.6 Å². The molecule has 6 aromatic carbocycles. The second-order valence-corrected chi connectivity index (χ2v) is 23.0. The zero-order chi connectivity index (χ0) is 43.8. The molecule has 321 valence electrons. The van der Waals surface area contributed by atoms with Crippen LogP contribution in [-0.2, 0) is 20.1 Å². The van der Waals surface area contributed by atoms with Gasteiger partial charge in [-0.3, -0.25) is 4.98 Å². The maximum atomic E-state index is 6.73. The summed E-state index contributed by atoms with van der Waals surface area (Å²) >= 11 is 0. The third kappa shape index (κ3) is 8.78. The molecule has 0 aliphatic heterocycles. The molecule has 64 heavy (non-hydrogen) atoms. The third-order valence-corrected chi connectivity index (χ3v) is 13.8. The fourth-order valence-corrected chi connectivity index (χ4v) is 9.27. The topological polar surface area (TPSA) is 69.6 Å². The SMILES string of the molecule is C[Si](C)(C)c1ccc(-c2[c-]cccc2)nc1.Cc1ccc(-c2ccc3c(c2)oc2c(-c4nc5cnncc5n4-c4c(C(C)C)cc(-c5ccccc5)cc4C(C)C)[c-]ccc23)cc1.[Ir]. The van der Waals surface area contributed by atoms with Crippen LogP contribution in [-0.4, -0.2) is 32.8 Å². The van der Waals surface area contributed by atoms with Gasteiger partial charge in [-0.2, -0.15) is 10.2 Å². The van der Waals surface area contributed by atoms with Gasteiger partial charge in [0.1, 0.15) is 5.58 Å². The maximum absolute atomic E-state index is 6.73. The van der Waals surface area contributed by atoms with E-state index in [4.69, 9.17) is 9.40 Å². The number of hydrogen-bond donors (Lipinski definition) is 0. The average Bonchev–Trinajstić information content (AvgIpc) is 3.88. The Labute approximate surface area is 390 Å². The van der Waals surface area contributed by atoms with Crippen molar-refractivity contribution in [1.29, 1.82) is 0 Å². The van der Waals surface area contributed by atoms with Gasteiger partial charge < -0.3 is 14.0 Å². The summed E-state index contributed by atoms with van der Waals surface area (Å²) in [6, 6.07) is 53.4. The fraction of sp³-hybridized carbons (Fsp3) is 0.179. The van der Waals surface area contributed by atoms with E-state index >= 15 is 0 Å². The molecule has 0 N–H and O–H groups in total. The number of nitrogens with zero attached hydrogens (tertiary/aromatic N) is 5. The van der Waals surface area contributed by atoms with Crippen LogP contribution in [0.1, 0.15) is 56.2 Å². The van der Waals surface area contributed by atoms with Gasteiger partial charge in [-0.25, -0.2) is 0 Å². The average molecular weight is 1030 g/mol. The van der Waals surface area contributed by atoms with Gasteiger partial charge in [0.15, 0.2) is 0 Å². The van der Waals surface area contributed by atoms with Gasteiger partial charge in [0, 0.05) is 37.4 Å². The van der Waals surface area contributed by atoms with Crippen LogP contribution in [0.4, 0.5) is 0 Å². The van der Waals surface area contributed by atoms with Crippen molar-refractivity contribution in [3.8, 4) is 50.6 Å². The molecule has 10 rings (SSSR count). The van der Waals surface area contributed by atoms with Crippen molar-refractivity contribution in [1.82, 2.24) is 24.7 Å². The van der Waals surface area contributed by atoms with Gasteiger partial charge in [0.25, 0.3) is 0 Å². The molecule has 10 aromatic rings. The van der Waals surface area contributed by atoms with E-state index in [1.54, 1.807) is 6.20 Å². The molecule has 0 saturated heterocycles. The standard InChI is InChI=1S/C42H35N4O.C14H16NSi.Ir/c1-25(2)35-20-31(28-10-7-6-8-11-28)21-36(26(3)4)40(35)46-38-24-44-43-23-37(38)45-42(46)34-13-9-12-33-32-19-18-30(22-39(32)47-41(33)34)29-16-14-27(5)15-17-29;1-16(2,3)13-9-10-14(15-11-13)12-7-5-4-6-8-12;/h6-12,14-26H,1-5H3;4-7,9-11H,1-3H3;/q2*-1;. The minimum atomic E-state index is -1.23. The normalized spacial score (nSPS) is 11.6. The van der Waals surface area contributed by atoms with Crippen molar-refractivity contribution in [3.05, 3.63) is 181 Å². The molecule has 0 bridgehead atoms. The number of aryl methyl sites for hydroxylation is 1. The molecule has 6 nitrogen and oxygen atoms in total. The largest absolute Gasteiger partial charge is 0.501 e. The van der Waals surface area contributed by atoms with E-state index in [1.807, 2.05) is 42.7 Å². The second kappa shape index (κ2) is 18.4. The summed E-state index contributed by atoms with van der Waals surface area (Å²) in [6.45, 7) is 18.1. The van der Waals surface area contributed by atoms with E-state index in [9.17, 15) is 0 Å². The van der Waals surface area contributed by atoms with Crippen LogP contribution in [0.3, 0.4) is 0 Å². The Hall–Kier alpha value is -6.31. The summed E-state index contributed by atoms with van der Waals surface area (Å²) in [5.74, 6) is 1.25. The molecule has 0 spiro atoms. The predicted octanol–water partition coefficient (Wildman–Crippen LogP) is 14.2. The Morgan fingerprint density at radius 1 is 0.625 bits per heavy atom. The molecular formula is C56H51IrN5OSi-2. The summed E-state index contributed by atoms with van der Waals surface area (Å²) in [5, 5.41) is 12.0. The smallest absolute Gasteiger partial charge is 0.121 e. The van der Waals surface area contributed by atoms with E-state index < -0.39 is 8.07 Å². The van der Waals surface area contributed by atoms with Crippen molar-refractivity contribution >= 4 is 46.2 Å². The van der Waals surface area contributed by atoms with Crippen molar-refractivity contribution < 1.29 is 24.5 Å². The maximum Gasteiger partial charge on any atom is 0.121 e. The van der Waals surface area contributed by atoms with E-state index in [0.717, 1.165) is 72.4 Å². The number of aromatic nitrogens is 5. The monoisotopic (exact) mass is 1030 g/mol. The molecule has 4 heterocycles. The quantitative estimate of drug-likeness (QED) is 0.112. The molecule has 0 amide bonds. The van der Waals surface area contributed by atoms with Gasteiger partial charge in [0.2, 0.25) is 0 Å². The summed E-state index contributed by atoms with van der Waals surface area (Å²) in [6.07, 6.45) is 5.57. The summed E-state index contributed by atoms with van der Waals surface area (Å²) in [7, 11) is -1.23. The molecule has 8 heteroatoms. The van der Waals surface area contributed by atoms with Gasteiger partial charge in [-0.05, 0) is 81.2 Å². The molecule has 0 saturated carbocycles.